The average molecular weight is 567 g/mol. The molecule has 202 valence electrons. The highest BCUT2D eigenvalue weighted by Crippen LogP contribution is 2.44. The summed E-state index contributed by atoms with van der Waals surface area (Å²) in [5.74, 6) is 0. The highest BCUT2D eigenvalue weighted by Gasteiger charge is 2.19. The van der Waals surface area contributed by atoms with Gasteiger partial charge in [0.1, 0.15) is 0 Å². The summed E-state index contributed by atoms with van der Waals surface area (Å²) in [7, 11) is 0. The lowest BCUT2D eigenvalue weighted by Gasteiger charge is -2.27. The molecule has 43 heavy (non-hydrogen) atoms. The van der Waals surface area contributed by atoms with E-state index in [0.29, 0.717) is 0 Å². The molecular weight excluding hydrogens is 541 g/mol. The minimum Gasteiger partial charge on any atom is -0.310 e. The van der Waals surface area contributed by atoms with Gasteiger partial charge in [0.25, 0.3) is 0 Å². The normalized spacial score (nSPS) is 11.7. The van der Waals surface area contributed by atoms with Gasteiger partial charge in [0.05, 0.1) is 27.1 Å². The Kier molecular flexibility index (Phi) is 5.40. The molecule has 0 bridgehead atoms. The molecule has 0 atom stereocenters. The van der Waals surface area contributed by atoms with E-state index >= 15 is 0 Å². The molecule has 2 aromatic heterocycles. The second-order valence-electron chi connectivity index (χ2n) is 11.0. The van der Waals surface area contributed by atoms with E-state index in [1.54, 1.807) is 0 Å². The monoisotopic (exact) mass is 566 g/mol. The third-order valence-electron chi connectivity index (χ3n) is 8.56. The highest BCUT2D eigenvalue weighted by molar-refractivity contribution is 7.26. The number of anilines is 3. The van der Waals surface area contributed by atoms with Gasteiger partial charge in [0, 0.05) is 43.0 Å². The molecule has 0 N–H and O–H groups in total. The molecule has 7 aromatic carbocycles. The molecule has 3 heteroatoms. The van der Waals surface area contributed by atoms with Crippen LogP contribution in [0, 0.1) is 0 Å². The van der Waals surface area contributed by atoms with Crippen molar-refractivity contribution in [2.24, 2.45) is 0 Å². The fourth-order valence-corrected chi connectivity index (χ4v) is 7.92. The van der Waals surface area contributed by atoms with Crippen LogP contribution in [0.2, 0.25) is 0 Å². The van der Waals surface area contributed by atoms with Crippen molar-refractivity contribution in [3.8, 4) is 5.69 Å². The number of thiophene rings is 1. The number of fused-ring (bicyclic) bond motifs is 7. The number of hydrogen-bond acceptors (Lipinski definition) is 2. The van der Waals surface area contributed by atoms with Gasteiger partial charge in [-0.05, 0) is 53.9 Å². The van der Waals surface area contributed by atoms with Crippen LogP contribution in [-0.4, -0.2) is 4.57 Å². The SMILES string of the molecule is c1ccc(N(c2ccc3c(c2)sc2c(-n4c5ccccc5c5ccccc54)cccc23)c2cccc3ccccc23)cc1. The van der Waals surface area contributed by atoms with Gasteiger partial charge in [-0.3, -0.25) is 0 Å². The summed E-state index contributed by atoms with van der Waals surface area (Å²) in [6.07, 6.45) is 0. The van der Waals surface area contributed by atoms with Crippen LogP contribution in [0.4, 0.5) is 17.1 Å². The van der Waals surface area contributed by atoms with Gasteiger partial charge >= 0.3 is 0 Å². The van der Waals surface area contributed by atoms with Crippen LogP contribution in [0.1, 0.15) is 0 Å². The molecule has 0 aliphatic rings. The third-order valence-corrected chi connectivity index (χ3v) is 9.75. The molecule has 0 saturated carbocycles. The summed E-state index contributed by atoms with van der Waals surface area (Å²) in [4.78, 5) is 2.39. The van der Waals surface area contributed by atoms with Crippen molar-refractivity contribution < 1.29 is 0 Å². The largest absolute Gasteiger partial charge is 0.310 e. The molecule has 0 amide bonds. The number of rotatable bonds is 4. The molecule has 2 heterocycles. The first kappa shape index (κ1) is 24.2. The molecule has 0 aliphatic carbocycles. The van der Waals surface area contributed by atoms with Crippen molar-refractivity contribution >= 4 is 81.1 Å². The Morgan fingerprint density at radius 2 is 1.07 bits per heavy atom. The van der Waals surface area contributed by atoms with Crippen molar-refractivity contribution in [2.45, 2.75) is 0 Å². The Labute approximate surface area is 253 Å². The van der Waals surface area contributed by atoms with Gasteiger partial charge in [-0.25, -0.2) is 0 Å². The van der Waals surface area contributed by atoms with Crippen LogP contribution in [-0.2, 0) is 0 Å². The molecule has 0 spiro atoms. The lowest BCUT2D eigenvalue weighted by molar-refractivity contribution is 1.20. The van der Waals surface area contributed by atoms with Gasteiger partial charge in [0.15, 0.2) is 0 Å². The predicted molar refractivity (Wildman–Crippen MR) is 186 cm³/mol. The van der Waals surface area contributed by atoms with Crippen LogP contribution in [0.15, 0.2) is 158 Å². The van der Waals surface area contributed by atoms with E-state index in [9.17, 15) is 0 Å². The Morgan fingerprint density at radius 3 is 1.86 bits per heavy atom. The summed E-state index contributed by atoms with van der Waals surface area (Å²) in [6.45, 7) is 0. The smallest absolute Gasteiger partial charge is 0.0640 e. The first-order valence-corrected chi connectivity index (χ1v) is 15.4. The average Bonchev–Trinajstić information content (AvgIpc) is 3.61. The standard InChI is InChI=1S/C40H26N2S/c1-2-14-28(15-3-1)41(35-22-10-13-27-12-4-5-16-30(27)35)29-24-25-33-34-19-11-23-38(40(34)43-39(33)26-29)42-36-20-8-6-17-31(36)32-18-7-9-21-37(32)42/h1-26H. The second kappa shape index (κ2) is 9.59. The van der Waals surface area contributed by atoms with Crippen molar-refractivity contribution in [1.82, 2.24) is 4.57 Å². The van der Waals surface area contributed by atoms with Crippen LogP contribution < -0.4 is 4.90 Å². The summed E-state index contributed by atoms with van der Waals surface area (Å²) >= 11 is 1.88. The van der Waals surface area contributed by atoms with Crippen LogP contribution in [0.5, 0.6) is 0 Å². The number of benzene rings is 7. The molecule has 9 aromatic rings. The van der Waals surface area contributed by atoms with Gasteiger partial charge in [-0.1, -0.05) is 109 Å². The maximum Gasteiger partial charge on any atom is 0.0640 e. The van der Waals surface area contributed by atoms with Crippen molar-refractivity contribution in [3.63, 3.8) is 0 Å². The minimum absolute atomic E-state index is 1.14. The van der Waals surface area contributed by atoms with E-state index in [4.69, 9.17) is 0 Å². The lowest BCUT2D eigenvalue weighted by atomic mass is 10.1. The van der Waals surface area contributed by atoms with Gasteiger partial charge in [0.2, 0.25) is 0 Å². The minimum atomic E-state index is 1.14. The van der Waals surface area contributed by atoms with E-state index in [2.05, 4.69) is 167 Å². The molecular formula is C40H26N2S. The highest BCUT2D eigenvalue weighted by atomic mass is 32.1. The molecule has 0 saturated heterocycles. The first-order valence-electron chi connectivity index (χ1n) is 14.6. The Hall–Kier alpha value is -5.38. The Morgan fingerprint density at radius 1 is 0.442 bits per heavy atom. The van der Waals surface area contributed by atoms with Crippen molar-refractivity contribution in [2.75, 3.05) is 4.90 Å². The van der Waals surface area contributed by atoms with E-state index < -0.39 is 0 Å². The maximum atomic E-state index is 2.44. The van der Waals surface area contributed by atoms with Crippen molar-refractivity contribution in [1.29, 1.82) is 0 Å². The number of nitrogens with zero attached hydrogens (tertiary/aromatic N) is 2. The quantitative estimate of drug-likeness (QED) is 0.206. The van der Waals surface area contributed by atoms with Gasteiger partial charge in [-0.15, -0.1) is 11.3 Å². The Balaban J connectivity index is 1.29. The number of aromatic nitrogens is 1. The van der Waals surface area contributed by atoms with Crippen LogP contribution >= 0.6 is 11.3 Å². The molecule has 9 rings (SSSR count). The van der Waals surface area contributed by atoms with E-state index in [0.717, 1.165) is 11.4 Å². The van der Waals surface area contributed by atoms with Crippen molar-refractivity contribution in [3.05, 3.63) is 158 Å². The van der Waals surface area contributed by atoms with Gasteiger partial charge in [-0.2, -0.15) is 0 Å². The van der Waals surface area contributed by atoms with Gasteiger partial charge < -0.3 is 9.47 Å². The number of para-hydroxylation sites is 3. The second-order valence-corrected chi connectivity index (χ2v) is 12.0. The topological polar surface area (TPSA) is 8.17 Å². The first-order chi connectivity index (χ1) is 21.3. The Bertz CT molecular complexity index is 2410. The van der Waals surface area contributed by atoms with E-state index in [-0.39, 0.29) is 0 Å². The van der Waals surface area contributed by atoms with E-state index in [1.807, 2.05) is 11.3 Å². The predicted octanol–water partition coefficient (Wildman–Crippen LogP) is 11.8. The third kappa shape index (κ3) is 3.72. The zero-order chi connectivity index (χ0) is 28.3. The summed E-state index contributed by atoms with van der Waals surface area (Å²) in [6, 6.07) is 57.1. The molecule has 0 unspecified atom stereocenters. The zero-order valence-corrected chi connectivity index (χ0v) is 24.1. The fraction of sp³-hybridized carbons (Fsp3) is 0. The van der Waals surface area contributed by atoms with E-state index in [1.165, 1.54) is 64.1 Å². The number of hydrogen-bond donors (Lipinski definition) is 0. The maximum absolute atomic E-state index is 2.44. The summed E-state index contributed by atoms with van der Waals surface area (Å²) in [5.41, 5.74) is 7.17. The van der Waals surface area contributed by atoms with Crippen LogP contribution in [0.3, 0.4) is 0 Å². The lowest BCUT2D eigenvalue weighted by Crippen LogP contribution is -2.10. The fourth-order valence-electron chi connectivity index (χ4n) is 6.68. The molecule has 0 aliphatic heterocycles. The molecule has 2 nitrogen and oxygen atoms in total. The van der Waals surface area contributed by atoms with Crippen LogP contribution in [0.25, 0.3) is 58.4 Å². The molecule has 0 radical (unpaired) electrons. The summed E-state index contributed by atoms with van der Waals surface area (Å²) < 4.78 is 5.02. The zero-order valence-electron chi connectivity index (χ0n) is 23.3. The molecule has 0 fully saturated rings. The summed E-state index contributed by atoms with van der Waals surface area (Å²) in [5, 5.41) is 7.62.